The first-order valence-corrected chi connectivity index (χ1v) is 11.6. The number of carbonyl (C=O) groups excluding carboxylic acids is 1. The quantitative estimate of drug-likeness (QED) is 0.532. The molecule has 2 bridgehead atoms. The van der Waals surface area contributed by atoms with Gasteiger partial charge in [0.2, 0.25) is 0 Å². The van der Waals surface area contributed by atoms with Gasteiger partial charge in [-0.2, -0.15) is 0 Å². The van der Waals surface area contributed by atoms with Crippen LogP contribution in [0.3, 0.4) is 0 Å². The molecule has 0 saturated heterocycles. The number of fused-ring (bicyclic) bond motifs is 2. The van der Waals surface area contributed by atoms with Crippen molar-refractivity contribution in [2.75, 3.05) is 0 Å². The highest BCUT2D eigenvalue weighted by atomic mass is 19.1. The van der Waals surface area contributed by atoms with Crippen molar-refractivity contribution >= 4 is 17.4 Å². The van der Waals surface area contributed by atoms with Crippen LogP contribution in [0.4, 0.5) is 8.78 Å². The van der Waals surface area contributed by atoms with E-state index in [4.69, 9.17) is 0 Å². The summed E-state index contributed by atoms with van der Waals surface area (Å²) in [7, 11) is 0. The zero-order valence-electron chi connectivity index (χ0n) is 18.5. The third-order valence-electron chi connectivity index (χ3n) is 8.13. The van der Waals surface area contributed by atoms with Crippen LogP contribution in [0.25, 0.3) is 11.6 Å². The molecule has 3 saturated carbocycles. The van der Waals surface area contributed by atoms with Crippen molar-refractivity contribution in [1.82, 2.24) is 4.90 Å². The number of allylic oxidation sites excluding steroid dienone is 1. The summed E-state index contributed by atoms with van der Waals surface area (Å²) >= 11 is 0. The molecule has 0 N–H and O–H groups in total. The molecule has 0 radical (unpaired) electrons. The normalized spacial score (nSPS) is 30.7. The Labute approximate surface area is 187 Å². The summed E-state index contributed by atoms with van der Waals surface area (Å²) in [6, 6.07) is 11.0. The molecule has 164 valence electrons. The topological polar surface area (TPSA) is 20.3 Å². The Kier molecular flexibility index (Phi) is 4.36. The van der Waals surface area contributed by atoms with Gasteiger partial charge in [-0.15, -0.1) is 0 Å². The molecule has 1 heterocycles. The van der Waals surface area contributed by atoms with Crippen LogP contribution >= 0.6 is 0 Å². The van der Waals surface area contributed by atoms with E-state index in [1.807, 2.05) is 6.07 Å². The van der Waals surface area contributed by atoms with Crippen molar-refractivity contribution in [3.05, 3.63) is 81.9 Å². The zero-order valence-corrected chi connectivity index (χ0v) is 18.5. The zero-order chi connectivity index (χ0) is 22.2. The lowest BCUT2D eigenvalue weighted by atomic mass is 9.48. The van der Waals surface area contributed by atoms with Crippen molar-refractivity contribution in [2.24, 2.45) is 5.92 Å². The number of hydrogen-bond acceptors (Lipinski definition) is 2. The predicted molar refractivity (Wildman–Crippen MR) is 122 cm³/mol. The van der Waals surface area contributed by atoms with Crippen molar-refractivity contribution < 1.29 is 13.6 Å². The van der Waals surface area contributed by atoms with Gasteiger partial charge in [0.05, 0.1) is 6.04 Å². The molecule has 1 aliphatic heterocycles. The summed E-state index contributed by atoms with van der Waals surface area (Å²) in [5.41, 5.74) is 5.59. The van der Waals surface area contributed by atoms with Crippen LogP contribution in [0.5, 0.6) is 0 Å². The fourth-order valence-electron chi connectivity index (χ4n) is 6.75. The fourth-order valence-corrected chi connectivity index (χ4v) is 6.75. The number of nitrogens with zero attached hydrogens (tertiary/aromatic N) is 1. The maximum absolute atomic E-state index is 15.6. The predicted octanol–water partition coefficient (Wildman–Crippen LogP) is 6.26. The summed E-state index contributed by atoms with van der Waals surface area (Å²) in [6.45, 7) is 3.65. The number of carbonyl (C=O) groups is 1. The van der Waals surface area contributed by atoms with E-state index >= 15 is 8.78 Å². The monoisotopic (exact) mass is 431 g/mol. The van der Waals surface area contributed by atoms with Gasteiger partial charge in [-0.05, 0) is 97.9 Å². The SMILES string of the molecule is CC(=O)/C=C/c1cc(F)c(C2C3=C(C[C@@H](C)N2C24CC(C2)C4)c2ccccc2C3)c(F)c1. The van der Waals surface area contributed by atoms with E-state index < -0.39 is 11.6 Å². The highest BCUT2D eigenvalue weighted by molar-refractivity contribution is 5.91. The van der Waals surface area contributed by atoms with Crippen LogP contribution < -0.4 is 0 Å². The number of benzene rings is 2. The van der Waals surface area contributed by atoms with E-state index in [-0.39, 0.29) is 29.0 Å². The minimum absolute atomic E-state index is 0.0914. The summed E-state index contributed by atoms with van der Waals surface area (Å²) in [4.78, 5) is 13.7. The number of hydrogen-bond donors (Lipinski definition) is 0. The molecule has 5 aliphatic rings. The van der Waals surface area contributed by atoms with Crippen molar-refractivity contribution in [3.8, 4) is 0 Å². The van der Waals surface area contributed by atoms with E-state index in [2.05, 4.69) is 30.0 Å². The Bertz CT molecular complexity index is 1170. The first-order valence-electron chi connectivity index (χ1n) is 11.6. The highest BCUT2D eigenvalue weighted by Gasteiger charge is 2.63. The minimum atomic E-state index is -0.522. The first kappa shape index (κ1) is 20.0. The fraction of sp³-hybridized carbons (Fsp3) is 0.393. The highest BCUT2D eigenvalue weighted by Crippen LogP contribution is 2.65. The van der Waals surface area contributed by atoms with E-state index in [1.165, 1.54) is 53.5 Å². The molecule has 0 amide bonds. The van der Waals surface area contributed by atoms with Crippen LogP contribution in [-0.4, -0.2) is 22.3 Å². The Balaban J connectivity index is 1.50. The van der Waals surface area contributed by atoms with Gasteiger partial charge < -0.3 is 0 Å². The first-order chi connectivity index (χ1) is 15.4. The molecule has 1 unspecified atom stereocenters. The lowest BCUT2D eigenvalue weighted by Crippen LogP contribution is -2.71. The van der Waals surface area contributed by atoms with E-state index in [9.17, 15) is 4.79 Å². The van der Waals surface area contributed by atoms with Crippen LogP contribution in [0.15, 0.2) is 48.0 Å². The molecule has 2 atom stereocenters. The van der Waals surface area contributed by atoms with Crippen molar-refractivity contribution in [3.63, 3.8) is 0 Å². The Hall–Kier alpha value is -2.59. The Morgan fingerprint density at radius 1 is 1.12 bits per heavy atom. The Morgan fingerprint density at radius 2 is 1.81 bits per heavy atom. The standard InChI is InChI=1S/C28H27F2NO/c1-16-9-22-21-6-4-3-5-20(21)12-23(22)27(31(16)28-13-19(14-28)15-28)26-24(29)10-18(11-25(26)30)8-7-17(2)32/h3-8,10-11,16,19,27H,9,12-15H2,1-2H3/b8-7+/t16-,19?,27?,28?/m1/s1. The van der Waals surface area contributed by atoms with E-state index in [0.29, 0.717) is 5.56 Å². The van der Waals surface area contributed by atoms with Gasteiger partial charge in [0.25, 0.3) is 0 Å². The van der Waals surface area contributed by atoms with Crippen molar-refractivity contribution in [1.29, 1.82) is 0 Å². The minimum Gasteiger partial charge on any atom is -0.295 e. The molecular weight excluding hydrogens is 404 g/mol. The molecule has 2 aromatic rings. The van der Waals surface area contributed by atoms with Gasteiger partial charge in [-0.3, -0.25) is 9.69 Å². The lowest BCUT2D eigenvalue weighted by Gasteiger charge is -2.70. The molecule has 2 nitrogen and oxygen atoms in total. The smallest absolute Gasteiger partial charge is 0.152 e. The average molecular weight is 432 g/mol. The molecule has 2 aromatic carbocycles. The van der Waals surface area contributed by atoms with Crippen LogP contribution in [-0.2, 0) is 11.2 Å². The summed E-state index contributed by atoms with van der Waals surface area (Å²) in [5.74, 6) is -0.407. The summed E-state index contributed by atoms with van der Waals surface area (Å²) in [6.07, 6.45) is 7.95. The van der Waals surface area contributed by atoms with Gasteiger partial charge in [-0.25, -0.2) is 8.78 Å². The number of rotatable bonds is 4. The van der Waals surface area contributed by atoms with E-state index in [1.54, 1.807) is 0 Å². The van der Waals surface area contributed by atoms with Gasteiger partial charge in [0.15, 0.2) is 5.78 Å². The largest absolute Gasteiger partial charge is 0.295 e. The molecule has 4 heteroatoms. The number of ketones is 1. The van der Waals surface area contributed by atoms with Gasteiger partial charge in [0.1, 0.15) is 11.6 Å². The maximum atomic E-state index is 15.6. The summed E-state index contributed by atoms with van der Waals surface area (Å²) < 4.78 is 31.2. The van der Waals surface area contributed by atoms with Gasteiger partial charge in [0, 0.05) is 17.1 Å². The Morgan fingerprint density at radius 3 is 2.44 bits per heavy atom. The second-order valence-corrected chi connectivity index (χ2v) is 10.2. The van der Waals surface area contributed by atoms with Crippen LogP contribution in [0, 0.1) is 17.6 Å². The molecular formula is C28H27F2NO. The third kappa shape index (κ3) is 2.82. The number of halogens is 2. The van der Waals surface area contributed by atoms with Crippen LogP contribution in [0.1, 0.15) is 67.8 Å². The molecule has 0 aromatic heterocycles. The molecule has 32 heavy (non-hydrogen) atoms. The van der Waals surface area contributed by atoms with Gasteiger partial charge in [-0.1, -0.05) is 30.3 Å². The second-order valence-electron chi connectivity index (χ2n) is 10.2. The second kappa shape index (κ2) is 6.95. The maximum Gasteiger partial charge on any atom is 0.152 e. The molecule has 4 aliphatic carbocycles. The molecule has 0 spiro atoms. The molecule has 3 fully saturated rings. The third-order valence-corrected chi connectivity index (χ3v) is 8.13. The van der Waals surface area contributed by atoms with E-state index in [0.717, 1.165) is 38.0 Å². The van der Waals surface area contributed by atoms with Crippen LogP contribution in [0.2, 0.25) is 0 Å². The average Bonchev–Trinajstić information content (AvgIpc) is 3.04. The lowest BCUT2D eigenvalue weighted by molar-refractivity contribution is -0.173. The summed E-state index contributed by atoms with van der Waals surface area (Å²) in [5, 5.41) is 0. The van der Waals surface area contributed by atoms with Gasteiger partial charge >= 0.3 is 0 Å². The molecule has 7 rings (SSSR count). The van der Waals surface area contributed by atoms with Crippen molar-refractivity contribution in [2.45, 2.75) is 63.6 Å².